The van der Waals surface area contributed by atoms with Crippen LogP contribution in [0.15, 0.2) is 47.5 Å². The van der Waals surface area contributed by atoms with Crippen molar-refractivity contribution < 1.29 is 8.42 Å². The van der Waals surface area contributed by atoms with Crippen LogP contribution in [0.1, 0.15) is 11.1 Å². The molecule has 2 heterocycles. The molecule has 0 amide bonds. The second-order valence-corrected chi connectivity index (χ2v) is 11.3. The Labute approximate surface area is 183 Å². The predicted octanol–water partition coefficient (Wildman–Crippen LogP) is 4.92. The number of nitrogens with zero attached hydrogens (tertiary/aromatic N) is 2. The molecule has 148 valence electrons. The van der Waals surface area contributed by atoms with Gasteiger partial charge in [0.1, 0.15) is 0 Å². The molecule has 28 heavy (non-hydrogen) atoms. The Kier molecular flexibility index (Phi) is 5.87. The largest absolute Gasteiger partial charge is 0.341 e. The highest BCUT2D eigenvalue weighted by Crippen LogP contribution is 2.34. The van der Waals surface area contributed by atoms with Crippen LogP contribution in [0.2, 0.25) is 15.1 Å². The van der Waals surface area contributed by atoms with Gasteiger partial charge >= 0.3 is 0 Å². The van der Waals surface area contributed by atoms with Crippen LogP contribution in [0.5, 0.6) is 0 Å². The summed E-state index contributed by atoms with van der Waals surface area (Å²) in [4.78, 5) is 6.84. The van der Waals surface area contributed by atoms with Gasteiger partial charge in [-0.15, -0.1) is 0 Å². The van der Waals surface area contributed by atoms with Crippen molar-refractivity contribution in [2.45, 2.75) is 24.4 Å². The number of amidine groups is 1. The van der Waals surface area contributed by atoms with E-state index >= 15 is 0 Å². The first kappa shape index (κ1) is 20.4. The van der Waals surface area contributed by atoms with Gasteiger partial charge in [-0.1, -0.05) is 64.8 Å². The smallest absolute Gasteiger partial charge is 0.160 e. The van der Waals surface area contributed by atoms with Crippen LogP contribution in [0.25, 0.3) is 0 Å². The fraction of sp³-hybridized carbons (Fsp3) is 0.316. The van der Waals surface area contributed by atoms with Crippen LogP contribution in [0.4, 0.5) is 0 Å². The van der Waals surface area contributed by atoms with Crippen molar-refractivity contribution >= 4 is 61.6 Å². The molecule has 0 aliphatic carbocycles. The van der Waals surface area contributed by atoms with Crippen LogP contribution in [0, 0.1) is 0 Å². The summed E-state index contributed by atoms with van der Waals surface area (Å²) >= 11 is 19.8. The standard InChI is InChI=1S/C19H17Cl3N2O2S2/c20-14-4-1-12(2-5-14)8-24-18-11-28(25,26)10-17(18)23-19(24)27-9-13-3-6-15(21)7-16(13)22/h1-7,17-18H,8-11H2/t17-,18-/m0/s1. The first-order valence-corrected chi connectivity index (χ1v) is 12.6. The van der Waals surface area contributed by atoms with E-state index < -0.39 is 9.84 Å². The maximum atomic E-state index is 12.1. The lowest BCUT2D eigenvalue weighted by atomic mass is 10.1. The van der Waals surface area contributed by atoms with Crippen LogP contribution >= 0.6 is 46.6 Å². The Morgan fingerprint density at radius 3 is 2.46 bits per heavy atom. The third kappa shape index (κ3) is 4.46. The van der Waals surface area contributed by atoms with E-state index in [9.17, 15) is 8.42 Å². The van der Waals surface area contributed by atoms with Crippen molar-refractivity contribution in [3.8, 4) is 0 Å². The highest BCUT2D eigenvalue weighted by Gasteiger charge is 2.46. The van der Waals surface area contributed by atoms with E-state index in [1.54, 1.807) is 17.8 Å². The number of aliphatic imine (C=N–C) groups is 1. The fourth-order valence-electron chi connectivity index (χ4n) is 3.46. The normalized spacial score (nSPS) is 23.0. The highest BCUT2D eigenvalue weighted by atomic mass is 35.5. The van der Waals surface area contributed by atoms with Crippen LogP contribution in [-0.4, -0.2) is 42.1 Å². The molecule has 0 unspecified atom stereocenters. The molecule has 2 aliphatic rings. The predicted molar refractivity (Wildman–Crippen MR) is 118 cm³/mol. The Bertz CT molecular complexity index is 1030. The molecule has 4 rings (SSSR count). The molecular formula is C19H17Cl3N2O2S2. The molecule has 2 aromatic rings. The molecule has 4 nitrogen and oxygen atoms in total. The lowest BCUT2D eigenvalue weighted by Gasteiger charge is -2.26. The molecule has 2 aliphatic heterocycles. The molecule has 0 saturated carbocycles. The maximum Gasteiger partial charge on any atom is 0.160 e. The summed E-state index contributed by atoms with van der Waals surface area (Å²) in [5.74, 6) is 0.888. The van der Waals surface area contributed by atoms with Gasteiger partial charge in [0.15, 0.2) is 15.0 Å². The monoisotopic (exact) mass is 474 g/mol. The highest BCUT2D eigenvalue weighted by molar-refractivity contribution is 8.13. The minimum absolute atomic E-state index is 0.112. The van der Waals surface area contributed by atoms with Crippen molar-refractivity contribution in [2.75, 3.05) is 11.5 Å². The number of hydrogen-bond acceptors (Lipinski definition) is 5. The summed E-state index contributed by atoms with van der Waals surface area (Å²) in [5.41, 5.74) is 2.03. The molecule has 0 aromatic heterocycles. The third-order valence-electron chi connectivity index (χ3n) is 4.85. The summed E-state index contributed by atoms with van der Waals surface area (Å²) < 4.78 is 24.2. The van der Waals surface area contributed by atoms with E-state index in [1.807, 2.05) is 36.4 Å². The molecule has 2 atom stereocenters. The number of rotatable bonds is 4. The molecule has 0 spiro atoms. The van der Waals surface area contributed by atoms with Gasteiger partial charge in [-0.05, 0) is 35.4 Å². The van der Waals surface area contributed by atoms with Crippen LogP contribution in [0.3, 0.4) is 0 Å². The van der Waals surface area contributed by atoms with Gasteiger partial charge in [0.05, 0.1) is 23.6 Å². The maximum absolute atomic E-state index is 12.1. The molecule has 0 radical (unpaired) electrons. The SMILES string of the molecule is O=S1(=O)C[C@@H]2N=C(SCc3ccc(Cl)cc3Cl)N(Cc3ccc(Cl)cc3)[C@H]2C1. The molecule has 1 fully saturated rings. The van der Waals surface area contributed by atoms with Crippen molar-refractivity contribution in [1.82, 2.24) is 4.90 Å². The van der Waals surface area contributed by atoms with Gasteiger partial charge in [-0.25, -0.2) is 8.42 Å². The number of benzene rings is 2. The van der Waals surface area contributed by atoms with E-state index in [2.05, 4.69) is 4.90 Å². The van der Waals surface area contributed by atoms with E-state index in [-0.39, 0.29) is 23.6 Å². The van der Waals surface area contributed by atoms with Crippen LogP contribution in [-0.2, 0) is 22.1 Å². The molecular weight excluding hydrogens is 459 g/mol. The molecule has 2 aromatic carbocycles. The summed E-state index contributed by atoms with van der Waals surface area (Å²) in [7, 11) is -3.05. The second-order valence-electron chi connectivity index (χ2n) is 6.90. The number of thioether (sulfide) groups is 1. The van der Waals surface area contributed by atoms with Gasteiger partial charge in [-0.2, -0.15) is 0 Å². The van der Waals surface area contributed by atoms with Gasteiger partial charge in [0.2, 0.25) is 0 Å². The third-order valence-corrected chi connectivity index (χ3v) is 8.45. The summed E-state index contributed by atoms with van der Waals surface area (Å²) in [6.45, 7) is 0.591. The number of sulfone groups is 1. The summed E-state index contributed by atoms with van der Waals surface area (Å²) in [5, 5.41) is 2.74. The van der Waals surface area contributed by atoms with E-state index in [4.69, 9.17) is 39.8 Å². The lowest BCUT2D eigenvalue weighted by Crippen LogP contribution is -2.38. The minimum atomic E-state index is -3.05. The summed E-state index contributed by atoms with van der Waals surface area (Å²) in [6.07, 6.45) is 0. The average Bonchev–Trinajstić information content (AvgIpc) is 3.08. The van der Waals surface area contributed by atoms with Gasteiger partial charge < -0.3 is 4.90 Å². The van der Waals surface area contributed by atoms with Crippen molar-refractivity contribution in [2.24, 2.45) is 4.99 Å². The lowest BCUT2D eigenvalue weighted by molar-refractivity contribution is 0.343. The Morgan fingerprint density at radius 2 is 1.75 bits per heavy atom. The van der Waals surface area contributed by atoms with E-state index in [0.717, 1.165) is 16.3 Å². The molecule has 1 saturated heterocycles. The van der Waals surface area contributed by atoms with Crippen molar-refractivity contribution in [1.29, 1.82) is 0 Å². The zero-order chi connectivity index (χ0) is 19.9. The van der Waals surface area contributed by atoms with Gasteiger partial charge in [0, 0.05) is 27.4 Å². The average molecular weight is 476 g/mol. The fourth-order valence-corrected chi connectivity index (χ4v) is 7.13. The van der Waals surface area contributed by atoms with Crippen molar-refractivity contribution in [3.05, 3.63) is 68.7 Å². The Morgan fingerprint density at radius 1 is 1.04 bits per heavy atom. The first-order chi connectivity index (χ1) is 13.3. The number of fused-ring (bicyclic) bond motifs is 1. The zero-order valence-corrected chi connectivity index (χ0v) is 18.6. The number of halogens is 3. The molecule has 9 heteroatoms. The topological polar surface area (TPSA) is 49.7 Å². The molecule has 0 bridgehead atoms. The minimum Gasteiger partial charge on any atom is -0.341 e. The van der Waals surface area contributed by atoms with E-state index in [1.165, 1.54) is 0 Å². The number of hydrogen-bond donors (Lipinski definition) is 0. The molecule has 0 N–H and O–H groups in total. The van der Waals surface area contributed by atoms with Crippen LogP contribution < -0.4 is 0 Å². The van der Waals surface area contributed by atoms with E-state index in [0.29, 0.717) is 27.4 Å². The van der Waals surface area contributed by atoms with Crippen molar-refractivity contribution in [3.63, 3.8) is 0 Å². The second kappa shape index (κ2) is 8.07. The Hall–Kier alpha value is -0.920. The van der Waals surface area contributed by atoms with Gasteiger partial charge in [-0.3, -0.25) is 4.99 Å². The first-order valence-electron chi connectivity index (χ1n) is 8.67. The summed E-state index contributed by atoms with van der Waals surface area (Å²) in [6, 6.07) is 12.7. The Balaban J connectivity index is 1.55. The zero-order valence-electron chi connectivity index (χ0n) is 14.7. The quantitative estimate of drug-likeness (QED) is 0.630. The van der Waals surface area contributed by atoms with Gasteiger partial charge in [0.25, 0.3) is 0 Å².